The first-order valence-electron chi connectivity index (χ1n) is 5.25. The summed E-state index contributed by atoms with van der Waals surface area (Å²) in [4.78, 5) is 8.33. The van der Waals surface area contributed by atoms with E-state index < -0.39 is 10.1 Å². The molecule has 0 bridgehead atoms. The van der Waals surface area contributed by atoms with Gasteiger partial charge in [-0.1, -0.05) is 30.3 Å². The summed E-state index contributed by atoms with van der Waals surface area (Å²) in [5.74, 6) is 0.596. The minimum Gasteiger partial charge on any atom is -0.265 e. The third-order valence-corrected chi connectivity index (χ3v) is 2.72. The third-order valence-electron chi connectivity index (χ3n) is 2.18. The van der Waals surface area contributed by atoms with E-state index in [4.69, 9.17) is 0 Å². The molecule has 18 heavy (non-hydrogen) atoms. The Hall–Kier alpha value is -1.79. The fourth-order valence-corrected chi connectivity index (χ4v) is 1.69. The molecule has 2 rings (SSSR count). The standard InChI is InChI=1S/C12H12N2O3S/c1-18(15,16)17-9-10-7-13-12(14-8-10)11-5-3-2-4-6-11/h2-8H,9H2,1H3. The van der Waals surface area contributed by atoms with E-state index in [0.29, 0.717) is 11.4 Å². The van der Waals surface area contributed by atoms with E-state index in [1.165, 1.54) is 0 Å². The fraction of sp³-hybridized carbons (Fsp3) is 0.167. The molecule has 0 unspecified atom stereocenters. The van der Waals surface area contributed by atoms with Crippen LogP contribution in [0.5, 0.6) is 0 Å². The van der Waals surface area contributed by atoms with Gasteiger partial charge in [-0.25, -0.2) is 9.97 Å². The molecule has 94 valence electrons. The molecule has 2 aromatic rings. The van der Waals surface area contributed by atoms with Gasteiger partial charge in [0.15, 0.2) is 5.82 Å². The van der Waals surface area contributed by atoms with E-state index in [1.807, 2.05) is 30.3 Å². The summed E-state index contributed by atoms with van der Waals surface area (Å²) in [6.45, 7) is -0.0477. The van der Waals surface area contributed by atoms with E-state index in [-0.39, 0.29) is 6.61 Å². The van der Waals surface area contributed by atoms with Gasteiger partial charge in [-0.2, -0.15) is 8.42 Å². The zero-order chi connectivity index (χ0) is 13.0. The van der Waals surface area contributed by atoms with Crippen LogP contribution < -0.4 is 0 Å². The van der Waals surface area contributed by atoms with Crippen LogP contribution in [-0.4, -0.2) is 24.6 Å². The van der Waals surface area contributed by atoms with Crippen molar-refractivity contribution in [2.75, 3.05) is 6.26 Å². The van der Waals surface area contributed by atoms with Gasteiger partial charge >= 0.3 is 0 Å². The molecule has 0 aliphatic rings. The Kier molecular flexibility index (Phi) is 3.69. The summed E-state index contributed by atoms with van der Waals surface area (Å²) >= 11 is 0. The van der Waals surface area contributed by atoms with Crippen molar-refractivity contribution in [3.63, 3.8) is 0 Å². The first kappa shape index (κ1) is 12.7. The van der Waals surface area contributed by atoms with E-state index in [1.54, 1.807) is 12.4 Å². The highest BCUT2D eigenvalue weighted by molar-refractivity contribution is 7.85. The molecule has 0 radical (unpaired) electrons. The quantitative estimate of drug-likeness (QED) is 0.785. The van der Waals surface area contributed by atoms with Crippen molar-refractivity contribution < 1.29 is 12.6 Å². The smallest absolute Gasteiger partial charge is 0.264 e. The van der Waals surface area contributed by atoms with Crippen LogP contribution >= 0.6 is 0 Å². The van der Waals surface area contributed by atoms with E-state index in [9.17, 15) is 8.42 Å². The number of nitrogens with zero attached hydrogens (tertiary/aromatic N) is 2. The largest absolute Gasteiger partial charge is 0.265 e. The first-order chi connectivity index (χ1) is 8.54. The highest BCUT2D eigenvalue weighted by Crippen LogP contribution is 2.13. The normalized spacial score (nSPS) is 11.4. The van der Waals surface area contributed by atoms with Gasteiger partial charge in [-0.15, -0.1) is 0 Å². The van der Waals surface area contributed by atoms with E-state index in [0.717, 1.165) is 11.8 Å². The van der Waals surface area contributed by atoms with Crippen molar-refractivity contribution in [2.24, 2.45) is 0 Å². The maximum absolute atomic E-state index is 10.8. The molecule has 1 heterocycles. The lowest BCUT2D eigenvalue weighted by molar-refractivity contribution is 0.311. The molecule has 0 amide bonds. The van der Waals surface area contributed by atoms with Gasteiger partial charge < -0.3 is 0 Å². The van der Waals surface area contributed by atoms with Crippen molar-refractivity contribution >= 4 is 10.1 Å². The van der Waals surface area contributed by atoms with E-state index >= 15 is 0 Å². The van der Waals surface area contributed by atoms with Crippen LogP contribution in [0.1, 0.15) is 5.56 Å². The van der Waals surface area contributed by atoms with Crippen molar-refractivity contribution in [1.29, 1.82) is 0 Å². The van der Waals surface area contributed by atoms with Crippen molar-refractivity contribution in [1.82, 2.24) is 9.97 Å². The van der Waals surface area contributed by atoms with Crippen LogP contribution in [0.2, 0.25) is 0 Å². The average molecular weight is 264 g/mol. The molecule has 0 saturated heterocycles. The second kappa shape index (κ2) is 5.24. The topological polar surface area (TPSA) is 69.2 Å². The Morgan fingerprint density at radius 1 is 1.11 bits per heavy atom. The average Bonchev–Trinajstić information content (AvgIpc) is 2.37. The fourth-order valence-electron chi connectivity index (χ4n) is 1.34. The molecule has 6 heteroatoms. The first-order valence-corrected chi connectivity index (χ1v) is 7.07. The lowest BCUT2D eigenvalue weighted by atomic mass is 10.2. The minimum atomic E-state index is -3.44. The zero-order valence-electron chi connectivity index (χ0n) is 9.78. The number of hydrogen-bond acceptors (Lipinski definition) is 5. The Bertz CT molecular complexity index is 610. The molecule has 1 aromatic carbocycles. The Morgan fingerprint density at radius 3 is 2.28 bits per heavy atom. The van der Waals surface area contributed by atoms with Crippen molar-refractivity contribution in [3.8, 4) is 11.4 Å². The van der Waals surface area contributed by atoms with Crippen LogP contribution in [0.15, 0.2) is 42.7 Å². The zero-order valence-corrected chi connectivity index (χ0v) is 10.6. The van der Waals surface area contributed by atoms with Gasteiger partial charge in [-0.3, -0.25) is 4.18 Å². The second-order valence-electron chi connectivity index (χ2n) is 3.75. The highest BCUT2D eigenvalue weighted by atomic mass is 32.2. The molecular weight excluding hydrogens is 252 g/mol. The summed E-state index contributed by atoms with van der Waals surface area (Å²) in [5.41, 5.74) is 1.52. The summed E-state index contributed by atoms with van der Waals surface area (Å²) < 4.78 is 26.3. The molecule has 0 aliphatic carbocycles. The van der Waals surface area contributed by atoms with Crippen LogP contribution in [0.25, 0.3) is 11.4 Å². The third kappa shape index (κ3) is 3.61. The summed E-state index contributed by atoms with van der Waals surface area (Å²) in [6, 6.07) is 9.53. The van der Waals surface area contributed by atoms with Crippen LogP contribution in [0.4, 0.5) is 0 Å². The predicted octanol–water partition coefficient (Wildman–Crippen LogP) is 1.62. The molecule has 0 N–H and O–H groups in total. The Labute approximate surface area is 106 Å². The van der Waals surface area contributed by atoms with Crippen molar-refractivity contribution in [2.45, 2.75) is 6.61 Å². The molecule has 5 nitrogen and oxygen atoms in total. The summed E-state index contributed by atoms with van der Waals surface area (Å²) in [6.07, 6.45) is 4.12. The van der Waals surface area contributed by atoms with E-state index in [2.05, 4.69) is 14.2 Å². The second-order valence-corrected chi connectivity index (χ2v) is 5.39. The highest BCUT2D eigenvalue weighted by Gasteiger charge is 2.04. The Morgan fingerprint density at radius 2 is 1.72 bits per heavy atom. The maximum atomic E-state index is 10.8. The van der Waals surface area contributed by atoms with Crippen LogP contribution in [0, 0.1) is 0 Å². The van der Waals surface area contributed by atoms with Gasteiger partial charge in [0, 0.05) is 23.5 Å². The molecule has 0 spiro atoms. The number of hydrogen-bond donors (Lipinski definition) is 0. The lowest BCUT2D eigenvalue weighted by Gasteiger charge is -2.02. The summed E-state index contributed by atoms with van der Waals surface area (Å²) in [7, 11) is -3.44. The number of rotatable bonds is 4. The molecule has 0 atom stereocenters. The van der Waals surface area contributed by atoms with Gasteiger partial charge in [-0.05, 0) is 0 Å². The van der Waals surface area contributed by atoms with Gasteiger partial charge in [0.1, 0.15) is 0 Å². The SMILES string of the molecule is CS(=O)(=O)OCc1cnc(-c2ccccc2)nc1. The van der Waals surface area contributed by atoms with Gasteiger partial charge in [0.25, 0.3) is 10.1 Å². The van der Waals surface area contributed by atoms with Crippen LogP contribution in [0.3, 0.4) is 0 Å². The summed E-state index contributed by atoms with van der Waals surface area (Å²) in [5, 5.41) is 0. The molecule has 0 fully saturated rings. The molecular formula is C12H12N2O3S. The van der Waals surface area contributed by atoms with Gasteiger partial charge in [0.2, 0.25) is 0 Å². The molecule has 1 aromatic heterocycles. The molecule has 0 aliphatic heterocycles. The number of aromatic nitrogens is 2. The van der Waals surface area contributed by atoms with Crippen LogP contribution in [-0.2, 0) is 20.9 Å². The minimum absolute atomic E-state index is 0.0477. The lowest BCUT2D eigenvalue weighted by Crippen LogP contribution is -2.03. The molecule has 0 saturated carbocycles. The predicted molar refractivity (Wildman–Crippen MR) is 67.1 cm³/mol. The monoisotopic (exact) mass is 264 g/mol. The number of benzene rings is 1. The van der Waals surface area contributed by atoms with Gasteiger partial charge in [0.05, 0.1) is 12.9 Å². The van der Waals surface area contributed by atoms with Crippen molar-refractivity contribution in [3.05, 3.63) is 48.3 Å². The Balaban J connectivity index is 2.11. The maximum Gasteiger partial charge on any atom is 0.264 e.